The molecule has 0 aliphatic rings. The first-order valence-corrected chi connectivity index (χ1v) is 22.8. The van der Waals surface area contributed by atoms with Crippen LogP contribution in [0, 0.1) is 0 Å². The Labute approximate surface area is 339 Å². The Bertz CT molecular complexity index is 1020. The van der Waals surface area contributed by atoms with E-state index in [-0.39, 0.29) is 31.1 Å². The quantitative estimate of drug-likeness (QED) is 0.0267. The highest BCUT2D eigenvalue weighted by molar-refractivity contribution is 5.71. The van der Waals surface area contributed by atoms with E-state index in [0.717, 1.165) is 96.3 Å². The van der Waals surface area contributed by atoms with E-state index in [9.17, 15) is 14.4 Å². The third-order valence-corrected chi connectivity index (χ3v) is 9.51. The van der Waals surface area contributed by atoms with Crippen molar-refractivity contribution in [2.45, 2.75) is 219 Å². The highest BCUT2D eigenvalue weighted by Crippen LogP contribution is 2.13. The number of allylic oxidation sites excluding steroid dienone is 10. The fraction of sp³-hybridized carbons (Fsp3) is 0.735. The number of rotatable bonds is 40. The number of esters is 3. The van der Waals surface area contributed by atoms with Gasteiger partial charge in [-0.15, -0.1) is 0 Å². The number of hydrogen-bond donors (Lipinski definition) is 0. The van der Waals surface area contributed by atoms with Gasteiger partial charge in [-0.3, -0.25) is 14.4 Å². The van der Waals surface area contributed by atoms with Crippen molar-refractivity contribution in [3.05, 3.63) is 60.8 Å². The van der Waals surface area contributed by atoms with Crippen LogP contribution in [0.1, 0.15) is 213 Å². The molecule has 0 saturated carbocycles. The molecule has 0 radical (unpaired) electrons. The van der Waals surface area contributed by atoms with Crippen LogP contribution in [0.15, 0.2) is 60.8 Å². The maximum Gasteiger partial charge on any atom is 0.306 e. The monoisotopic (exact) mass is 769 g/mol. The fourth-order valence-corrected chi connectivity index (χ4v) is 6.07. The Morgan fingerprint density at radius 1 is 0.382 bits per heavy atom. The first-order valence-electron chi connectivity index (χ1n) is 22.8. The zero-order valence-corrected chi connectivity index (χ0v) is 35.9. The van der Waals surface area contributed by atoms with Gasteiger partial charge in [0.25, 0.3) is 0 Å². The number of hydrogen-bond acceptors (Lipinski definition) is 6. The van der Waals surface area contributed by atoms with Gasteiger partial charge in [-0.25, -0.2) is 0 Å². The zero-order valence-electron chi connectivity index (χ0n) is 35.9. The second kappa shape index (κ2) is 43.8. The van der Waals surface area contributed by atoms with Gasteiger partial charge in [0.05, 0.1) is 0 Å². The van der Waals surface area contributed by atoms with Gasteiger partial charge in [0.1, 0.15) is 13.2 Å². The molecule has 0 aromatic carbocycles. The van der Waals surface area contributed by atoms with Crippen molar-refractivity contribution in [1.82, 2.24) is 0 Å². The van der Waals surface area contributed by atoms with Gasteiger partial charge in [0.2, 0.25) is 0 Å². The average molecular weight is 769 g/mol. The summed E-state index contributed by atoms with van der Waals surface area (Å²) < 4.78 is 16.7. The van der Waals surface area contributed by atoms with Crippen LogP contribution in [0.3, 0.4) is 0 Å². The summed E-state index contributed by atoms with van der Waals surface area (Å²) >= 11 is 0. The van der Waals surface area contributed by atoms with Crippen LogP contribution in [0.25, 0.3) is 0 Å². The van der Waals surface area contributed by atoms with Gasteiger partial charge in [-0.05, 0) is 83.5 Å². The lowest BCUT2D eigenvalue weighted by atomic mass is 10.1. The minimum Gasteiger partial charge on any atom is -0.462 e. The Kier molecular flexibility index (Phi) is 41.5. The standard InChI is InChI=1S/C49H84O6/c1-4-7-10-13-16-19-22-24-25-26-28-30-33-36-39-42-48(51)54-45-46(44-53-47(50)41-38-35-32-29-21-18-15-12-9-6-3)55-49(52)43-40-37-34-31-27-23-20-17-14-11-8-5-2/h7,10,16-17,19-20,24-25,28,30,46H,4-6,8-9,11-15,18,21-23,26-27,29,31-45H2,1-3H3/b10-7-,19-16-,20-17-,25-24-,30-28-. The van der Waals surface area contributed by atoms with Crippen molar-refractivity contribution in [3.63, 3.8) is 0 Å². The molecule has 316 valence electrons. The predicted octanol–water partition coefficient (Wildman–Crippen LogP) is 14.5. The maximum absolute atomic E-state index is 12.7. The summed E-state index contributed by atoms with van der Waals surface area (Å²) in [5.74, 6) is -0.947. The molecule has 1 unspecified atom stereocenters. The number of carbonyl (C=O) groups is 3. The summed E-state index contributed by atoms with van der Waals surface area (Å²) in [6, 6.07) is 0. The van der Waals surface area contributed by atoms with E-state index in [1.165, 1.54) is 77.0 Å². The van der Waals surface area contributed by atoms with Crippen LogP contribution in [-0.4, -0.2) is 37.2 Å². The van der Waals surface area contributed by atoms with Gasteiger partial charge in [0, 0.05) is 19.3 Å². The van der Waals surface area contributed by atoms with Crippen LogP contribution < -0.4 is 0 Å². The summed E-state index contributed by atoms with van der Waals surface area (Å²) in [5.41, 5.74) is 0. The highest BCUT2D eigenvalue weighted by atomic mass is 16.6. The van der Waals surface area contributed by atoms with Crippen LogP contribution in [0.4, 0.5) is 0 Å². The highest BCUT2D eigenvalue weighted by Gasteiger charge is 2.19. The molecule has 0 fully saturated rings. The SMILES string of the molecule is CC/C=C\C/C=C\C/C=C\C/C=C\CCCCC(=O)OCC(COC(=O)CCCCCCCCCCCC)OC(=O)CCCCCCC/C=C\CCCCC. The molecule has 0 bridgehead atoms. The Hall–Kier alpha value is -2.89. The van der Waals surface area contributed by atoms with Gasteiger partial charge in [-0.1, -0.05) is 171 Å². The van der Waals surface area contributed by atoms with Crippen molar-refractivity contribution in [1.29, 1.82) is 0 Å². The van der Waals surface area contributed by atoms with E-state index in [4.69, 9.17) is 14.2 Å². The summed E-state index contributed by atoms with van der Waals surface area (Å²) in [7, 11) is 0. The van der Waals surface area contributed by atoms with Crippen molar-refractivity contribution in [2.24, 2.45) is 0 Å². The molecule has 0 aliphatic carbocycles. The lowest BCUT2D eigenvalue weighted by Gasteiger charge is -2.18. The summed E-state index contributed by atoms with van der Waals surface area (Å²) in [6.45, 7) is 6.43. The van der Waals surface area contributed by atoms with E-state index in [1.807, 2.05) is 0 Å². The van der Waals surface area contributed by atoms with Crippen LogP contribution in [-0.2, 0) is 28.6 Å². The van der Waals surface area contributed by atoms with Gasteiger partial charge < -0.3 is 14.2 Å². The first-order chi connectivity index (χ1) is 27.0. The van der Waals surface area contributed by atoms with Gasteiger partial charge >= 0.3 is 17.9 Å². The Morgan fingerprint density at radius 2 is 0.709 bits per heavy atom. The predicted molar refractivity (Wildman–Crippen MR) is 233 cm³/mol. The largest absolute Gasteiger partial charge is 0.462 e. The lowest BCUT2D eigenvalue weighted by Crippen LogP contribution is -2.30. The molecule has 0 spiro atoms. The molecular weight excluding hydrogens is 685 g/mol. The molecule has 0 aromatic heterocycles. The molecule has 6 heteroatoms. The zero-order chi connectivity index (χ0) is 40.1. The smallest absolute Gasteiger partial charge is 0.306 e. The normalized spacial score (nSPS) is 12.6. The van der Waals surface area contributed by atoms with Crippen molar-refractivity contribution in [3.8, 4) is 0 Å². The van der Waals surface area contributed by atoms with Crippen LogP contribution in [0.2, 0.25) is 0 Å². The first kappa shape index (κ1) is 52.1. The third-order valence-electron chi connectivity index (χ3n) is 9.51. The minimum atomic E-state index is -0.790. The molecule has 55 heavy (non-hydrogen) atoms. The number of unbranched alkanes of at least 4 members (excludes halogenated alkanes) is 19. The molecule has 0 N–H and O–H groups in total. The maximum atomic E-state index is 12.7. The Balaban J connectivity index is 4.45. The van der Waals surface area contributed by atoms with Crippen molar-refractivity contribution < 1.29 is 28.6 Å². The molecular formula is C49H84O6. The molecule has 0 heterocycles. The van der Waals surface area contributed by atoms with Crippen LogP contribution in [0.5, 0.6) is 0 Å². The van der Waals surface area contributed by atoms with Gasteiger partial charge in [0.15, 0.2) is 6.10 Å². The summed E-state index contributed by atoms with van der Waals surface area (Å²) in [6.07, 6.45) is 52.0. The van der Waals surface area contributed by atoms with Gasteiger partial charge in [-0.2, -0.15) is 0 Å². The molecule has 0 aromatic rings. The van der Waals surface area contributed by atoms with Crippen molar-refractivity contribution in [2.75, 3.05) is 13.2 Å². The van der Waals surface area contributed by atoms with Crippen molar-refractivity contribution >= 4 is 17.9 Å². The third kappa shape index (κ3) is 42.1. The molecule has 0 amide bonds. The van der Waals surface area contributed by atoms with E-state index in [1.54, 1.807) is 0 Å². The summed E-state index contributed by atoms with van der Waals surface area (Å²) in [5, 5.41) is 0. The van der Waals surface area contributed by atoms with E-state index in [0.29, 0.717) is 19.3 Å². The molecule has 0 rings (SSSR count). The molecule has 0 saturated heterocycles. The topological polar surface area (TPSA) is 78.9 Å². The van der Waals surface area contributed by atoms with E-state index in [2.05, 4.69) is 81.5 Å². The minimum absolute atomic E-state index is 0.0899. The summed E-state index contributed by atoms with van der Waals surface area (Å²) in [4.78, 5) is 37.7. The molecule has 1 atom stereocenters. The van der Waals surface area contributed by atoms with E-state index < -0.39 is 6.10 Å². The second-order valence-electron chi connectivity index (χ2n) is 14.9. The average Bonchev–Trinajstić information content (AvgIpc) is 3.18. The molecule has 6 nitrogen and oxygen atoms in total. The fourth-order valence-electron chi connectivity index (χ4n) is 6.07. The number of carbonyl (C=O) groups excluding carboxylic acids is 3. The van der Waals surface area contributed by atoms with Crippen LogP contribution >= 0.6 is 0 Å². The van der Waals surface area contributed by atoms with E-state index >= 15 is 0 Å². The second-order valence-corrected chi connectivity index (χ2v) is 14.9. The number of ether oxygens (including phenoxy) is 3. The lowest BCUT2D eigenvalue weighted by molar-refractivity contribution is -0.167. The molecule has 0 aliphatic heterocycles. The Morgan fingerprint density at radius 3 is 1.20 bits per heavy atom.